The maximum absolute atomic E-state index is 13.1. The van der Waals surface area contributed by atoms with E-state index in [9.17, 15) is 9.36 Å². The molecule has 5 heteroatoms. The van der Waals surface area contributed by atoms with Gasteiger partial charge in [-0.2, -0.15) is 0 Å². The molecule has 1 fully saturated rings. The molecular weight excluding hydrogens is 453 g/mol. The Hall–Kier alpha value is -3.10. The average Bonchev–Trinajstić information content (AvgIpc) is 3.08. The first kappa shape index (κ1) is 23.6. The number of anilines is 1. The van der Waals surface area contributed by atoms with E-state index in [-0.39, 0.29) is 5.91 Å². The van der Waals surface area contributed by atoms with Crippen molar-refractivity contribution in [3.05, 3.63) is 89.0 Å². The van der Waals surface area contributed by atoms with Gasteiger partial charge in [-0.3, -0.25) is 4.79 Å². The lowest BCUT2D eigenvalue weighted by Gasteiger charge is -2.22. The summed E-state index contributed by atoms with van der Waals surface area (Å²) in [5.41, 5.74) is 6.91. The molecule has 2 heterocycles. The van der Waals surface area contributed by atoms with Crippen LogP contribution in [0.2, 0.25) is 0 Å². The lowest BCUT2D eigenvalue weighted by atomic mass is 10.00. The van der Waals surface area contributed by atoms with E-state index in [0.29, 0.717) is 24.8 Å². The van der Waals surface area contributed by atoms with Crippen LogP contribution in [0.3, 0.4) is 0 Å². The zero-order valence-corrected chi connectivity index (χ0v) is 21.2. The summed E-state index contributed by atoms with van der Waals surface area (Å²) in [6.45, 7) is 2.54. The minimum absolute atomic E-state index is 0.116. The summed E-state index contributed by atoms with van der Waals surface area (Å²) in [6, 6.07) is 22.4. The van der Waals surface area contributed by atoms with Crippen LogP contribution in [0.25, 0.3) is 17.2 Å². The number of hydrogen-bond acceptors (Lipinski definition) is 3. The van der Waals surface area contributed by atoms with Crippen LogP contribution in [0.15, 0.2) is 72.3 Å². The van der Waals surface area contributed by atoms with Crippen LogP contribution in [-0.2, 0) is 15.5 Å². The van der Waals surface area contributed by atoms with Gasteiger partial charge in [0.2, 0.25) is 0 Å². The molecule has 0 radical (unpaired) electrons. The molecule has 0 bridgehead atoms. The summed E-state index contributed by atoms with van der Waals surface area (Å²) in [7, 11) is -2.08. The minimum Gasteiger partial charge on any atom is -0.493 e. The van der Waals surface area contributed by atoms with Crippen molar-refractivity contribution < 1.29 is 14.1 Å². The van der Waals surface area contributed by atoms with Crippen molar-refractivity contribution in [1.29, 1.82) is 0 Å². The third-order valence-electron chi connectivity index (χ3n) is 6.96. The van der Waals surface area contributed by atoms with Crippen molar-refractivity contribution in [2.45, 2.75) is 38.8 Å². The van der Waals surface area contributed by atoms with Gasteiger partial charge in [-0.1, -0.05) is 54.4 Å². The topological polar surface area (TPSA) is 55.4 Å². The molecule has 0 saturated carbocycles. The van der Waals surface area contributed by atoms with Gasteiger partial charge in [-0.15, -0.1) is 0 Å². The molecule has 1 saturated heterocycles. The van der Waals surface area contributed by atoms with E-state index in [1.807, 2.05) is 36.4 Å². The molecule has 0 aromatic heterocycles. The largest absolute Gasteiger partial charge is 0.493 e. The zero-order valence-electron chi connectivity index (χ0n) is 20.3. The molecule has 4 nitrogen and oxygen atoms in total. The van der Waals surface area contributed by atoms with E-state index < -0.39 is 7.14 Å². The van der Waals surface area contributed by atoms with Gasteiger partial charge in [0.25, 0.3) is 5.91 Å². The number of ether oxygens (including phenoxy) is 1. The summed E-state index contributed by atoms with van der Waals surface area (Å²) >= 11 is 0. The summed E-state index contributed by atoms with van der Waals surface area (Å²) in [4.78, 5) is 13.1. The summed E-state index contributed by atoms with van der Waals surface area (Å²) in [5, 5.41) is 3.03. The summed E-state index contributed by atoms with van der Waals surface area (Å²) < 4.78 is 19.0. The maximum atomic E-state index is 13.1. The Balaban J connectivity index is 1.30. The molecule has 5 rings (SSSR count). The molecule has 2 aliphatic rings. The Kier molecular flexibility index (Phi) is 6.92. The number of nitrogens with one attached hydrogen (secondary N) is 1. The number of carbonyl (C=O) groups is 1. The highest BCUT2D eigenvalue weighted by Gasteiger charge is 2.25. The second-order valence-corrected chi connectivity index (χ2v) is 13.1. The van der Waals surface area contributed by atoms with Crippen molar-refractivity contribution in [3.8, 4) is 16.9 Å². The Labute approximate surface area is 207 Å². The number of benzene rings is 3. The Morgan fingerprint density at radius 2 is 1.63 bits per heavy atom. The Bertz CT molecular complexity index is 1280. The molecule has 35 heavy (non-hydrogen) atoms. The summed E-state index contributed by atoms with van der Waals surface area (Å²) in [5.74, 6) is 0.681. The predicted molar refractivity (Wildman–Crippen MR) is 145 cm³/mol. The molecule has 1 N–H and O–H groups in total. The lowest BCUT2D eigenvalue weighted by molar-refractivity contribution is -0.113. The van der Waals surface area contributed by atoms with Gasteiger partial charge in [0, 0.05) is 41.7 Å². The highest BCUT2D eigenvalue weighted by Crippen LogP contribution is 2.53. The van der Waals surface area contributed by atoms with Gasteiger partial charge in [-0.25, -0.2) is 0 Å². The highest BCUT2D eigenvalue weighted by atomic mass is 31.2. The van der Waals surface area contributed by atoms with Crippen molar-refractivity contribution in [1.82, 2.24) is 0 Å². The standard InChI is InChI=1S/C30H32NO3P/c1-22-5-9-24(10-6-22)25-11-14-29-27(19-25)20-26(15-16-34-29)30(32)31-28-12-7-23(8-13-28)21-35(33)17-3-2-4-18-35/h5-14,19-20H,2-4,15-18,21H2,1H3,(H,31,32). The molecule has 3 aromatic carbocycles. The molecule has 2 aliphatic heterocycles. The van der Waals surface area contributed by atoms with Gasteiger partial charge in [0.15, 0.2) is 0 Å². The normalized spacial score (nSPS) is 16.9. The summed E-state index contributed by atoms with van der Waals surface area (Å²) in [6.07, 6.45) is 8.26. The number of hydrogen-bond donors (Lipinski definition) is 1. The van der Waals surface area contributed by atoms with E-state index in [0.717, 1.165) is 58.9 Å². The smallest absolute Gasteiger partial charge is 0.251 e. The molecule has 0 unspecified atom stereocenters. The second kappa shape index (κ2) is 10.3. The molecular formula is C30H32NO3P. The molecule has 0 aliphatic carbocycles. The second-order valence-electron chi connectivity index (χ2n) is 9.76. The lowest BCUT2D eigenvalue weighted by Crippen LogP contribution is -2.15. The van der Waals surface area contributed by atoms with Crippen LogP contribution < -0.4 is 10.1 Å². The molecule has 3 aromatic rings. The van der Waals surface area contributed by atoms with Gasteiger partial charge in [0.1, 0.15) is 5.75 Å². The van der Waals surface area contributed by atoms with Gasteiger partial charge in [-0.05, 0) is 66.8 Å². The van der Waals surface area contributed by atoms with Crippen molar-refractivity contribution in [3.63, 3.8) is 0 Å². The van der Waals surface area contributed by atoms with E-state index in [1.165, 1.54) is 12.0 Å². The third-order valence-corrected chi connectivity index (χ3v) is 10.2. The Morgan fingerprint density at radius 1 is 0.914 bits per heavy atom. The fourth-order valence-electron chi connectivity index (χ4n) is 4.91. The van der Waals surface area contributed by atoms with Crippen LogP contribution in [0.5, 0.6) is 5.75 Å². The first-order valence-electron chi connectivity index (χ1n) is 12.5. The maximum Gasteiger partial charge on any atom is 0.251 e. The van der Waals surface area contributed by atoms with Crippen LogP contribution >= 0.6 is 7.14 Å². The Morgan fingerprint density at radius 3 is 2.37 bits per heavy atom. The van der Waals surface area contributed by atoms with Gasteiger partial charge >= 0.3 is 0 Å². The number of carbonyl (C=O) groups excluding carboxylic acids is 1. The van der Waals surface area contributed by atoms with Crippen LogP contribution in [0.4, 0.5) is 5.69 Å². The molecule has 1 amide bonds. The van der Waals surface area contributed by atoms with E-state index in [2.05, 4.69) is 48.6 Å². The number of aryl methyl sites for hydroxylation is 1. The van der Waals surface area contributed by atoms with Crippen molar-refractivity contribution in [2.24, 2.45) is 0 Å². The van der Waals surface area contributed by atoms with Crippen molar-refractivity contribution >= 4 is 24.8 Å². The van der Waals surface area contributed by atoms with Crippen molar-refractivity contribution in [2.75, 3.05) is 24.2 Å². The highest BCUT2D eigenvalue weighted by molar-refractivity contribution is 7.63. The molecule has 0 spiro atoms. The predicted octanol–water partition coefficient (Wildman–Crippen LogP) is 7.51. The van der Waals surface area contributed by atoms with Crippen LogP contribution in [-0.4, -0.2) is 24.8 Å². The molecule has 0 atom stereocenters. The van der Waals surface area contributed by atoms with Crippen LogP contribution in [0, 0.1) is 6.92 Å². The van der Waals surface area contributed by atoms with E-state index in [4.69, 9.17) is 4.74 Å². The van der Waals surface area contributed by atoms with Gasteiger partial charge < -0.3 is 14.6 Å². The SMILES string of the molecule is Cc1ccc(-c2ccc3c(c2)C=C(C(=O)Nc2ccc(CP4(=O)CCCCC4)cc2)CCO3)cc1. The van der Waals surface area contributed by atoms with E-state index in [1.54, 1.807) is 0 Å². The van der Waals surface area contributed by atoms with Crippen LogP contribution in [0.1, 0.15) is 42.4 Å². The minimum atomic E-state index is -2.08. The third kappa shape index (κ3) is 5.77. The number of amides is 1. The average molecular weight is 486 g/mol. The first-order chi connectivity index (χ1) is 17.0. The molecule has 180 valence electrons. The fourth-order valence-corrected chi connectivity index (χ4v) is 7.93. The monoisotopic (exact) mass is 485 g/mol. The zero-order chi connectivity index (χ0) is 24.3. The first-order valence-corrected chi connectivity index (χ1v) is 14.8. The fraction of sp³-hybridized carbons (Fsp3) is 0.300. The number of rotatable bonds is 5. The quantitative estimate of drug-likeness (QED) is 0.380. The van der Waals surface area contributed by atoms with E-state index >= 15 is 0 Å². The van der Waals surface area contributed by atoms with Gasteiger partial charge in [0.05, 0.1) is 13.7 Å². The number of fused-ring (bicyclic) bond motifs is 1.